The molecule has 1 aliphatic rings. The maximum absolute atomic E-state index is 12.3. The maximum Gasteiger partial charge on any atom is 0.490 e. The van der Waals surface area contributed by atoms with Crippen LogP contribution in [0.15, 0.2) is 36.9 Å². The molecule has 42 heavy (non-hydrogen) atoms. The first kappa shape index (κ1) is 32.2. The number of nitrogens with zero attached hydrogens (tertiary/aromatic N) is 5. The number of ether oxygens (including phenoxy) is 1. The first-order valence-electron chi connectivity index (χ1n) is 11.5. The van der Waals surface area contributed by atoms with Crippen LogP contribution >= 0.6 is 23.5 Å². The lowest BCUT2D eigenvalue weighted by Crippen LogP contribution is -2.33. The first-order valence-corrected chi connectivity index (χ1v) is 15.9. The van der Waals surface area contributed by atoms with Gasteiger partial charge in [0.25, 0.3) is 5.69 Å². The summed E-state index contributed by atoms with van der Waals surface area (Å²) in [5, 5.41) is 31.8. The predicted molar refractivity (Wildman–Crippen MR) is 136 cm³/mol. The van der Waals surface area contributed by atoms with Gasteiger partial charge in [0, 0.05) is 18.1 Å². The second-order valence-electron chi connectivity index (χ2n) is 8.46. The number of hydrogen-bond acceptors (Lipinski definition) is 16. The number of benzene rings is 1. The number of nitro benzene ring substituents is 1. The highest BCUT2D eigenvalue weighted by atomic mass is 31.3. The van der Waals surface area contributed by atoms with Crippen molar-refractivity contribution in [3.05, 3.63) is 52.6 Å². The van der Waals surface area contributed by atoms with Crippen molar-refractivity contribution in [2.45, 2.75) is 31.0 Å². The van der Waals surface area contributed by atoms with E-state index in [0.717, 1.165) is 6.33 Å². The van der Waals surface area contributed by atoms with E-state index < -0.39 is 66.1 Å². The molecule has 2 aromatic heterocycles. The van der Waals surface area contributed by atoms with E-state index in [1.54, 1.807) is 0 Å². The molecule has 3 aromatic rings. The third-order valence-electron chi connectivity index (χ3n) is 5.63. The van der Waals surface area contributed by atoms with Gasteiger partial charge in [-0.05, 0) is 0 Å². The van der Waals surface area contributed by atoms with Gasteiger partial charge in [-0.15, -0.1) is 0 Å². The van der Waals surface area contributed by atoms with E-state index in [-0.39, 0.29) is 34.7 Å². The minimum absolute atomic E-state index is 0.0266. The van der Waals surface area contributed by atoms with Crippen LogP contribution in [0.2, 0.25) is 0 Å². The molecule has 7 N–H and O–H groups in total. The number of nitrogen functional groups attached to an aromatic ring is 1. The van der Waals surface area contributed by atoms with Gasteiger partial charge in [0.15, 0.2) is 17.7 Å². The minimum atomic E-state index is -5.82. The summed E-state index contributed by atoms with van der Waals surface area (Å²) in [6.45, 7) is -1.69. The lowest BCUT2D eigenvalue weighted by Gasteiger charge is -2.20. The van der Waals surface area contributed by atoms with E-state index in [9.17, 15) is 48.7 Å². The van der Waals surface area contributed by atoms with Crippen molar-refractivity contribution in [1.29, 1.82) is 0 Å². The third-order valence-corrected chi connectivity index (χ3v) is 9.91. The van der Waals surface area contributed by atoms with Gasteiger partial charge < -0.3 is 35.4 Å². The Labute approximate surface area is 234 Å². The van der Waals surface area contributed by atoms with Crippen LogP contribution < -0.4 is 5.73 Å². The Hall–Kier alpha value is -2.74. The zero-order valence-electron chi connectivity index (χ0n) is 20.9. The molecule has 4 rings (SSSR count). The Morgan fingerprint density at radius 1 is 1.00 bits per heavy atom. The zero-order chi connectivity index (χ0) is 30.9. The topological polar surface area (TPSA) is 311 Å². The van der Waals surface area contributed by atoms with E-state index in [1.165, 1.54) is 35.2 Å². The van der Waals surface area contributed by atoms with E-state index >= 15 is 0 Å². The van der Waals surface area contributed by atoms with Gasteiger partial charge in [0.05, 0.1) is 24.5 Å². The lowest BCUT2D eigenvalue weighted by molar-refractivity contribution is -0.385. The Kier molecular flexibility index (Phi) is 9.56. The van der Waals surface area contributed by atoms with E-state index in [0.29, 0.717) is 0 Å². The van der Waals surface area contributed by atoms with Crippen molar-refractivity contribution in [1.82, 2.24) is 19.5 Å². The normalized spacial score (nSPS) is 25.1. The van der Waals surface area contributed by atoms with Crippen LogP contribution in [0.5, 0.6) is 0 Å². The number of aliphatic hydroxyl groups is 2. The van der Waals surface area contributed by atoms with Crippen LogP contribution in [0.1, 0.15) is 11.8 Å². The molecule has 1 aromatic carbocycles. The number of nitrogens with two attached hydrogens (primary N) is 1. The zero-order valence-corrected chi connectivity index (χ0v) is 23.6. The minimum Gasteiger partial charge on any atom is -0.387 e. The van der Waals surface area contributed by atoms with Crippen molar-refractivity contribution < 1.29 is 65.9 Å². The largest absolute Gasteiger partial charge is 0.490 e. The molecule has 0 aliphatic carbocycles. The standard InChI is InChI=1S/C18H23N6O15P3/c19-16-13-17(21-8-20-16)23(9-22-13)18-15(26)14(25)12(37-18)7-36-41(31,32)39-42(33,34)38-40(29,30)35-6-5-10-3-1-2-4-11(10)24(27)28/h1-4,8-9,12,14-15,18,25-26H,5-7H2,(H,29,30)(H,31,32)(H,33,34)(H2,19,20,21)/t12-,14-,15-,18-/m1/s1. The number of phosphoric acid groups is 3. The second-order valence-corrected chi connectivity index (χ2v) is 13.1. The smallest absolute Gasteiger partial charge is 0.387 e. The molecule has 0 amide bonds. The van der Waals surface area contributed by atoms with E-state index in [4.69, 9.17) is 10.5 Å². The molecule has 7 atom stereocenters. The molecule has 3 unspecified atom stereocenters. The van der Waals surface area contributed by atoms with E-state index in [1.807, 2.05) is 0 Å². The molecular formula is C18H23N6O15P3. The summed E-state index contributed by atoms with van der Waals surface area (Å²) in [6, 6.07) is 5.39. The van der Waals surface area contributed by atoms with Crippen LogP contribution in [0, 0.1) is 10.1 Å². The molecule has 1 fully saturated rings. The summed E-state index contributed by atoms with van der Waals surface area (Å²) in [6.07, 6.45) is -4.14. The lowest BCUT2D eigenvalue weighted by atomic mass is 10.1. The number of para-hydroxylation sites is 1. The monoisotopic (exact) mass is 656 g/mol. The Balaban J connectivity index is 1.32. The van der Waals surface area contributed by atoms with Crippen molar-refractivity contribution in [2.24, 2.45) is 0 Å². The second kappa shape index (κ2) is 12.5. The fourth-order valence-corrected chi connectivity index (χ4v) is 7.32. The van der Waals surface area contributed by atoms with Crippen LogP contribution in [0.25, 0.3) is 11.2 Å². The number of fused-ring (bicyclic) bond motifs is 1. The fourth-order valence-electron chi connectivity index (χ4n) is 3.81. The number of imidazole rings is 1. The summed E-state index contributed by atoms with van der Waals surface area (Å²) in [5.41, 5.74) is 5.82. The SMILES string of the molecule is Nc1ncnc2c1ncn2[C@@H]1O[C@H](COP(=O)(O)OP(=O)(O)OP(=O)(O)OCCc2ccccc2[N+](=O)[O-])[C@@H](O)[C@H]1O. The number of anilines is 1. The quantitative estimate of drug-likeness (QED) is 0.0830. The molecule has 24 heteroatoms. The van der Waals surface area contributed by atoms with Gasteiger partial charge >= 0.3 is 23.5 Å². The Morgan fingerprint density at radius 2 is 1.67 bits per heavy atom. The van der Waals surface area contributed by atoms with Gasteiger partial charge in [-0.25, -0.2) is 28.6 Å². The van der Waals surface area contributed by atoms with Crippen molar-refractivity contribution in [2.75, 3.05) is 18.9 Å². The first-order chi connectivity index (χ1) is 19.6. The van der Waals surface area contributed by atoms with Gasteiger partial charge in [-0.1, -0.05) is 18.2 Å². The number of aromatic nitrogens is 4. The van der Waals surface area contributed by atoms with Crippen LogP contribution in [-0.2, 0) is 42.5 Å². The number of rotatable bonds is 13. The average molecular weight is 656 g/mol. The predicted octanol–water partition coefficient (Wildman–Crippen LogP) is 0.546. The Bertz CT molecular complexity index is 1610. The highest BCUT2D eigenvalue weighted by molar-refractivity contribution is 7.66. The molecule has 230 valence electrons. The molecule has 3 heterocycles. The van der Waals surface area contributed by atoms with Crippen LogP contribution in [-0.4, -0.2) is 80.9 Å². The summed E-state index contributed by atoms with van der Waals surface area (Å²) in [5.74, 6) is 0.0266. The highest BCUT2D eigenvalue weighted by Gasteiger charge is 2.47. The molecular weight excluding hydrogens is 633 g/mol. The van der Waals surface area contributed by atoms with Crippen LogP contribution in [0.3, 0.4) is 0 Å². The van der Waals surface area contributed by atoms with Crippen LogP contribution in [0.4, 0.5) is 11.5 Å². The summed E-state index contributed by atoms with van der Waals surface area (Å²) in [7, 11) is -16.8. The molecule has 1 aliphatic heterocycles. The van der Waals surface area contributed by atoms with Crippen molar-refractivity contribution >= 4 is 46.1 Å². The number of nitro groups is 1. The number of phosphoric ester groups is 2. The Morgan fingerprint density at radius 3 is 2.36 bits per heavy atom. The van der Waals surface area contributed by atoms with Gasteiger partial charge in [-0.3, -0.25) is 23.7 Å². The van der Waals surface area contributed by atoms with Crippen molar-refractivity contribution in [3.8, 4) is 0 Å². The molecule has 0 bridgehead atoms. The summed E-state index contributed by atoms with van der Waals surface area (Å²) in [4.78, 5) is 51.4. The number of hydrogen-bond donors (Lipinski definition) is 6. The fraction of sp³-hybridized carbons (Fsp3) is 0.389. The molecule has 0 spiro atoms. The average Bonchev–Trinajstić information content (AvgIpc) is 3.43. The molecule has 0 radical (unpaired) electrons. The molecule has 21 nitrogen and oxygen atoms in total. The number of aliphatic hydroxyl groups excluding tert-OH is 2. The summed E-state index contributed by atoms with van der Waals surface area (Å²) < 4.78 is 60.2. The maximum atomic E-state index is 12.3. The van der Waals surface area contributed by atoms with E-state index in [2.05, 4.69) is 32.6 Å². The van der Waals surface area contributed by atoms with Gasteiger partial charge in [0.2, 0.25) is 0 Å². The van der Waals surface area contributed by atoms with Gasteiger partial charge in [0.1, 0.15) is 30.2 Å². The highest BCUT2D eigenvalue weighted by Crippen LogP contribution is 2.67. The summed E-state index contributed by atoms with van der Waals surface area (Å²) >= 11 is 0. The van der Waals surface area contributed by atoms with Crippen molar-refractivity contribution in [3.63, 3.8) is 0 Å². The molecule has 0 saturated carbocycles. The third kappa shape index (κ3) is 7.61. The van der Waals surface area contributed by atoms with Gasteiger partial charge in [-0.2, -0.15) is 8.62 Å². The molecule has 1 saturated heterocycles.